The summed E-state index contributed by atoms with van der Waals surface area (Å²) in [4.78, 5) is 12.0. The molecule has 2 aromatic carbocycles. The van der Waals surface area contributed by atoms with E-state index in [-0.39, 0.29) is 0 Å². The Morgan fingerprint density at radius 1 is 1.00 bits per heavy atom. The molecular weight excluding hydrogens is 397 g/mol. The van der Waals surface area contributed by atoms with Crippen LogP contribution in [0.5, 0.6) is 5.75 Å². The van der Waals surface area contributed by atoms with Crippen molar-refractivity contribution in [2.75, 3.05) is 7.11 Å². The van der Waals surface area contributed by atoms with E-state index in [1.165, 1.54) is 6.07 Å². The van der Waals surface area contributed by atoms with Crippen molar-refractivity contribution in [3.05, 3.63) is 53.1 Å². The Balaban J connectivity index is 0.00000136. The highest BCUT2D eigenvalue weighted by molar-refractivity contribution is 7.88. The molecule has 0 amide bonds. The van der Waals surface area contributed by atoms with Gasteiger partial charge < -0.3 is 8.92 Å². The second-order valence-corrected chi connectivity index (χ2v) is 7.18. The van der Waals surface area contributed by atoms with Gasteiger partial charge in [0.2, 0.25) is 0 Å². The zero-order valence-electron chi connectivity index (χ0n) is 15.5. The van der Waals surface area contributed by atoms with E-state index in [0.717, 1.165) is 24.3 Å². The summed E-state index contributed by atoms with van der Waals surface area (Å²) in [6.45, 7) is 4.00. The molecule has 9 heteroatoms. The van der Waals surface area contributed by atoms with Gasteiger partial charge in [0, 0.05) is 0 Å². The summed E-state index contributed by atoms with van der Waals surface area (Å²) in [6, 6.07) is 9.85. The van der Waals surface area contributed by atoms with Crippen molar-refractivity contribution in [3.8, 4) is 16.9 Å². The molecule has 1 aliphatic rings. The first-order chi connectivity index (χ1) is 13.1. The van der Waals surface area contributed by atoms with Gasteiger partial charge in [0.15, 0.2) is 5.75 Å². The number of hydrogen-bond acceptors (Lipinski definition) is 5. The van der Waals surface area contributed by atoms with Crippen LogP contribution in [0, 0.1) is 0 Å². The second kappa shape index (κ2) is 8.22. The third kappa shape index (κ3) is 4.14. The van der Waals surface area contributed by atoms with E-state index in [2.05, 4.69) is 8.92 Å². The van der Waals surface area contributed by atoms with Gasteiger partial charge in [0.1, 0.15) is 5.56 Å². The van der Waals surface area contributed by atoms with Crippen molar-refractivity contribution in [2.24, 2.45) is 0 Å². The molecule has 0 unspecified atom stereocenters. The molecule has 0 aromatic heterocycles. The molecule has 0 aliphatic heterocycles. The molecule has 0 spiro atoms. The molecule has 5 nitrogen and oxygen atoms in total. The van der Waals surface area contributed by atoms with Crippen LogP contribution in [0.4, 0.5) is 13.2 Å². The third-order valence-electron chi connectivity index (χ3n) is 4.06. The highest BCUT2D eigenvalue weighted by Gasteiger charge is 2.49. The lowest BCUT2D eigenvalue weighted by molar-refractivity contribution is -0.0500. The SMILES string of the molecule is CC.COC(=O)c1cc2c(cc1OS(=O)(=O)C(F)(F)F)CCc1ccccc1-2. The Morgan fingerprint density at radius 2 is 1.61 bits per heavy atom. The number of hydrogen-bond donors (Lipinski definition) is 0. The average Bonchev–Trinajstić information content (AvgIpc) is 2.67. The zero-order valence-corrected chi connectivity index (χ0v) is 16.3. The number of fused-ring (bicyclic) bond motifs is 3. The zero-order chi connectivity index (χ0) is 21.1. The van der Waals surface area contributed by atoms with Crippen molar-refractivity contribution < 1.29 is 35.3 Å². The molecule has 2 aromatic rings. The summed E-state index contributed by atoms with van der Waals surface area (Å²) >= 11 is 0. The van der Waals surface area contributed by atoms with Gasteiger partial charge in [-0.2, -0.15) is 21.6 Å². The van der Waals surface area contributed by atoms with Gasteiger partial charge in [-0.05, 0) is 47.2 Å². The average molecular weight is 416 g/mol. The van der Waals surface area contributed by atoms with E-state index < -0.39 is 32.9 Å². The Bertz CT molecular complexity index is 982. The number of esters is 1. The molecule has 0 saturated heterocycles. The Labute approximate surface area is 161 Å². The van der Waals surface area contributed by atoms with Gasteiger partial charge >= 0.3 is 21.6 Å². The van der Waals surface area contributed by atoms with E-state index in [4.69, 9.17) is 0 Å². The van der Waals surface area contributed by atoms with Crippen molar-refractivity contribution >= 4 is 16.1 Å². The first-order valence-corrected chi connectivity index (χ1v) is 9.89. The lowest BCUT2D eigenvalue weighted by Crippen LogP contribution is -2.28. The number of alkyl halides is 3. The van der Waals surface area contributed by atoms with E-state index in [1.54, 1.807) is 6.07 Å². The largest absolute Gasteiger partial charge is 0.534 e. The maximum absolute atomic E-state index is 12.6. The van der Waals surface area contributed by atoms with Gasteiger partial charge in [-0.25, -0.2) is 4.79 Å². The monoisotopic (exact) mass is 416 g/mol. The first-order valence-electron chi connectivity index (χ1n) is 8.48. The number of carbonyl (C=O) groups excluding carboxylic acids is 1. The van der Waals surface area contributed by atoms with Crippen LogP contribution < -0.4 is 4.18 Å². The topological polar surface area (TPSA) is 69.7 Å². The highest BCUT2D eigenvalue weighted by atomic mass is 32.2. The fourth-order valence-electron chi connectivity index (χ4n) is 2.85. The molecule has 1 aliphatic carbocycles. The first kappa shape index (κ1) is 21.7. The molecule has 0 N–H and O–H groups in total. The summed E-state index contributed by atoms with van der Waals surface area (Å²) in [5.74, 6) is -1.70. The number of ether oxygens (including phenoxy) is 1. The quantitative estimate of drug-likeness (QED) is 0.419. The maximum Gasteiger partial charge on any atom is 0.534 e. The number of rotatable bonds is 3. The van der Waals surface area contributed by atoms with Crippen molar-refractivity contribution in [1.29, 1.82) is 0 Å². The molecule has 0 radical (unpaired) electrons. The smallest absolute Gasteiger partial charge is 0.465 e. The minimum Gasteiger partial charge on any atom is -0.465 e. The Morgan fingerprint density at radius 3 is 2.21 bits per heavy atom. The number of carbonyl (C=O) groups is 1. The number of halogens is 3. The standard InChI is InChI=1S/C17H13F3O5S.C2H6/c1-24-16(21)14-9-13-11(7-6-10-4-2-3-5-12(10)13)8-15(14)25-26(22,23)17(18,19)20;1-2/h2-5,8-9H,6-7H2,1H3;1-2H3. The summed E-state index contributed by atoms with van der Waals surface area (Å²) in [5.41, 5.74) is -2.94. The van der Waals surface area contributed by atoms with Crippen LogP contribution in [0.3, 0.4) is 0 Å². The van der Waals surface area contributed by atoms with Crippen LogP contribution >= 0.6 is 0 Å². The Kier molecular flexibility index (Phi) is 6.38. The summed E-state index contributed by atoms with van der Waals surface area (Å²) in [5, 5.41) is 0. The van der Waals surface area contributed by atoms with Gasteiger partial charge in [-0.3, -0.25) is 0 Å². The molecule has 152 valence electrons. The van der Waals surface area contributed by atoms with E-state index in [1.807, 2.05) is 32.0 Å². The maximum atomic E-state index is 12.6. The van der Waals surface area contributed by atoms with Gasteiger partial charge in [0.25, 0.3) is 0 Å². The van der Waals surface area contributed by atoms with Crippen molar-refractivity contribution in [3.63, 3.8) is 0 Å². The van der Waals surface area contributed by atoms with Gasteiger partial charge in [-0.1, -0.05) is 38.1 Å². The van der Waals surface area contributed by atoms with Crippen LogP contribution in [0.1, 0.15) is 35.3 Å². The van der Waals surface area contributed by atoms with Crippen LogP contribution in [-0.4, -0.2) is 27.0 Å². The van der Waals surface area contributed by atoms with Gasteiger partial charge in [0.05, 0.1) is 7.11 Å². The summed E-state index contributed by atoms with van der Waals surface area (Å²) in [6.07, 6.45) is 1.10. The predicted molar refractivity (Wildman–Crippen MR) is 97.6 cm³/mol. The summed E-state index contributed by atoms with van der Waals surface area (Å²) < 4.78 is 69.4. The Hall–Kier alpha value is -2.55. The minimum atomic E-state index is -5.91. The lowest BCUT2D eigenvalue weighted by atomic mass is 9.84. The van der Waals surface area contributed by atoms with Gasteiger partial charge in [-0.15, -0.1) is 0 Å². The van der Waals surface area contributed by atoms with E-state index in [9.17, 15) is 26.4 Å². The normalized spacial score (nSPS) is 12.8. The second-order valence-electron chi connectivity index (χ2n) is 5.64. The highest BCUT2D eigenvalue weighted by Crippen LogP contribution is 2.39. The fourth-order valence-corrected chi connectivity index (χ4v) is 3.32. The van der Waals surface area contributed by atoms with E-state index >= 15 is 0 Å². The lowest BCUT2D eigenvalue weighted by Gasteiger charge is -2.22. The number of benzene rings is 2. The van der Waals surface area contributed by atoms with Crippen molar-refractivity contribution in [2.45, 2.75) is 32.2 Å². The van der Waals surface area contributed by atoms with Crippen molar-refractivity contribution in [1.82, 2.24) is 0 Å². The molecule has 0 fully saturated rings. The van der Waals surface area contributed by atoms with E-state index in [0.29, 0.717) is 24.0 Å². The molecule has 3 rings (SSSR count). The molecule has 28 heavy (non-hydrogen) atoms. The molecule has 0 bridgehead atoms. The van der Waals surface area contributed by atoms with Crippen LogP contribution in [0.2, 0.25) is 0 Å². The molecule has 0 saturated carbocycles. The van der Waals surface area contributed by atoms with Crippen LogP contribution in [0.15, 0.2) is 36.4 Å². The molecule has 0 heterocycles. The summed E-state index contributed by atoms with van der Waals surface area (Å²) in [7, 11) is -4.87. The third-order valence-corrected chi connectivity index (χ3v) is 5.03. The predicted octanol–water partition coefficient (Wildman–Crippen LogP) is 4.49. The number of methoxy groups -OCH3 is 1. The van der Waals surface area contributed by atoms with Crippen LogP contribution in [-0.2, 0) is 27.7 Å². The van der Waals surface area contributed by atoms with Crippen LogP contribution in [0.25, 0.3) is 11.1 Å². The molecular formula is C19H19F3O5S. The fraction of sp³-hybridized carbons (Fsp3) is 0.316. The molecule has 0 atom stereocenters. The number of aryl methyl sites for hydroxylation is 2. The minimum absolute atomic E-state index is 0.393.